The maximum Gasteiger partial charge on any atom is 0.161 e. The van der Waals surface area contributed by atoms with Gasteiger partial charge in [0.05, 0.1) is 5.69 Å². The molecule has 0 N–H and O–H groups in total. The molecule has 0 spiro atoms. The molecule has 0 amide bonds. The van der Waals surface area contributed by atoms with Crippen LogP contribution in [0.3, 0.4) is 0 Å². The number of Topliss-reactive ketones (excluding diaryl/α,β-unsaturated/α-hetero) is 1. The van der Waals surface area contributed by atoms with Gasteiger partial charge in [0.15, 0.2) is 5.78 Å². The average Bonchev–Trinajstić information content (AvgIpc) is 2.61. The Balaban J connectivity index is 2.75. The van der Waals surface area contributed by atoms with Gasteiger partial charge in [-0.05, 0) is 38.8 Å². The first-order valence-electron chi connectivity index (χ1n) is 6.34. The maximum absolute atomic E-state index is 11.8. The summed E-state index contributed by atoms with van der Waals surface area (Å²) in [5.41, 5.74) is 5.37. The van der Waals surface area contributed by atoms with E-state index in [1.807, 2.05) is 32.0 Å². The molecule has 0 bridgehead atoms. The monoisotopic (exact) mass is 241 g/mol. The number of ketones is 1. The van der Waals surface area contributed by atoms with Crippen LogP contribution in [-0.2, 0) is 6.54 Å². The molecule has 0 saturated heterocycles. The van der Waals surface area contributed by atoms with E-state index in [0.717, 1.165) is 23.4 Å². The van der Waals surface area contributed by atoms with Crippen molar-refractivity contribution < 1.29 is 4.79 Å². The smallest absolute Gasteiger partial charge is 0.161 e. The van der Waals surface area contributed by atoms with Crippen molar-refractivity contribution >= 4 is 5.78 Å². The van der Waals surface area contributed by atoms with Crippen LogP contribution < -0.4 is 0 Å². The predicted octanol–water partition coefficient (Wildman–Crippen LogP) is 3.99. The highest BCUT2D eigenvalue weighted by Gasteiger charge is 2.19. The molecule has 0 fully saturated rings. The largest absolute Gasteiger partial charge is 0.344 e. The fourth-order valence-electron chi connectivity index (χ4n) is 2.78. The molecule has 0 saturated carbocycles. The summed E-state index contributed by atoms with van der Waals surface area (Å²) in [6.45, 7) is 8.70. The summed E-state index contributed by atoms with van der Waals surface area (Å²) in [5.74, 6) is 0.148. The van der Waals surface area contributed by atoms with E-state index in [1.54, 1.807) is 6.92 Å². The van der Waals surface area contributed by atoms with Gasteiger partial charge in [-0.15, -0.1) is 0 Å². The second-order valence-electron chi connectivity index (χ2n) is 4.60. The van der Waals surface area contributed by atoms with Gasteiger partial charge < -0.3 is 4.57 Å². The van der Waals surface area contributed by atoms with Gasteiger partial charge in [-0.3, -0.25) is 4.79 Å². The zero-order valence-electron chi connectivity index (χ0n) is 11.4. The Bertz CT molecular complexity index is 579. The Morgan fingerprint density at radius 1 is 1.17 bits per heavy atom. The Morgan fingerprint density at radius 2 is 1.78 bits per heavy atom. The van der Waals surface area contributed by atoms with Crippen molar-refractivity contribution in [3.63, 3.8) is 0 Å². The first kappa shape index (κ1) is 12.6. The summed E-state index contributed by atoms with van der Waals surface area (Å²) in [6.07, 6.45) is 0. The third-order valence-electron chi connectivity index (χ3n) is 3.48. The van der Waals surface area contributed by atoms with E-state index in [0.29, 0.717) is 0 Å². The van der Waals surface area contributed by atoms with E-state index in [9.17, 15) is 4.79 Å². The molecular formula is C16H19NO. The van der Waals surface area contributed by atoms with Crippen molar-refractivity contribution in [3.8, 4) is 11.3 Å². The predicted molar refractivity (Wildman–Crippen MR) is 75.0 cm³/mol. The summed E-state index contributed by atoms with van der Waals surface area (Å²) in [4.78, 5) is 11.8. The van der Waals surface area contributed by atoms with Crippen molar-refractivity contribution in [1.82, 2.24) is 4.57 Å². The molecule has 94 valence electrons. The van der Waals surface area contributed by atoms with E-state index in [-0.39, 0.29) is 5.78 Å². The molecule has 2 rings (SSSR count). The molecule has 2 aromatic rings. The first-order valence-corrected chi connectivity index (χ1v) is 6.34. The second kappa shape index (κ2) is 4.81. The molecule has 1 aromatic heterocycles. The van der Waals surface area contributed by atoms with E-state index in [4.69, 9.17) is 0 Å². The first-order chi connectivity index (χ1) is 8.57. The van der Waals surface area contributed by atoms with Gasteiger partial charge in [-0.25, -0.2) is 0 Å². The molecule has 1 heterocycles. The number of carbonyl (C=O) groups excluding carboxylic acids is 1. The van der Waals surface area contributed by atoms with Crippen LogP contribution in [0.15, 0.2) is 30.3 Å². The molecular weight excluding hydrogens is 222 g/mol. The Hall–Kier alpha value is -1.83. The molecule has 18 heavy (non-hydrogen) atoms. The zero-order valence-corrected chi connectivity index (χ0v) is 11.4. The molecule has 0 aliphatic rings. The standard InChI is InChI=1S/C16H19NO/c1-5-17-12(3)15(13(4)18)11(2)16(17)14-9-7-6-8-10-14/h6-10H,5H2,1-4H3. The van der Waals surface area contributed by atoms with Crippen LogP contribution in [0.2, 0.25) is 0 Å². The van der Waals surface area contributed by atoms with Gasteiger partial charge in [-0.1, -0.05) is 30.3 Å². The van der Waals surface area contributed by atoms with E-state index in [1.165, 1.54) is 11.3 Å². The van der Waals surface area contributed by atoms with Crippen LogP contribution >= 0.6 is 0 Å². The highest BCUT2D eigenvalue weighted by atomic mass is 16.1. The van der Waals surface area contributed by atoms with Crippen LogP contribution in [-0.4, -0.2) is 10.4 Å². The summed E-state index contributed by atoms with van der Waals surface area (Å²) >= 11 is 0. The molecule has 0 atom stereocenters. The maximum atomic E-state index is 11.8. The summed E-state index contributed by atoms with van der Waals surface area (Å²) in [6, 6.07) is 10.3. The zero-order chi connectivity index (χ0) is 13.3. The lowest BCUT2D eigenvalue weighted by Crippen LogP contribution is -2.01. The molecule has 1 aromatic carbocycles. The quantitative estimate of drug-likeness (QED) is 0.745. The number of hydrogen-bond acceptors (Lipinski definition) is 1. The van der Waals surface area contributed by atoms with Gasteiger partial charge in [0, 0.05) is 17.8 Å². The van der Waals surface area contributed by atoms with Crippen LogP contribution in [0.5, 0.6) is 0 Å². The molecule has 0 radical (unpaired) electrons. The van der Waals surface area contributed by atoms with Crippen LogP contribution in [0, 0.1) is 13.8 Å². The molecule has 2 heteroatoms. The minimum Gasteiger partial charge on any atom is -0.344 e. The number of benzene rings is 1. The summed E-state index contributed by atoms with van der Waals surface area (Å²) in [5, 5.41) is 0. The lowest BCUT2D eigenvalue weighted by molar-refractivity contribution is 0.101. The third-order valence-corrected chi connectivity index (χ3v) is 3.48. The Morgan fingerprint density at radius 3 is 2.28 bits per heavy atom. The SMILES string of the molecule is CCn1c(C)c(C(C)=O)c(C)c1-c1ccccc1. The minimum absolute atomic E-state index is 0.148. The molecule has 0 aliphatic carbocycles. The lowest BCUT2D eigenvalue weighted by Gasteiger charge is -2.09. The van der Waals surface area contributed by atoms with Crippen molar-refractivity contribution in [2.75, 3.05) is 0 Å². The van der Waals surface area contributed by atoms with E-state index < -0.39 is 0 Å². The lowest BCUT2D eigenvalue weighted by atomic mass is 10.0. The van der Waals surface area contributed by atoms with Gasteiger partial charge in [0.25, 0.3) is 0 Å². The van der Waals surface area contributed by atoms with Gasteiger partial charge in [-0.2, -0.15) is 0 Å². The fourth-order valence-corrected chi connectivity index (χ4v) is 2.78. The number of carbonyl (C=O) groups is 1. The van der Waals surface area contributed by atoms with Gasteiger partial charge in [0.1, 0.15) is 0 Å². The normalized spacial score (nSPS) is 10.7. The minimum atomic E-state index is 0.148. The highest BCUT2D eigenvalue weighted by Crippen LogP contribution is 2.31. The van der Waals surface area contributed by atoms with E-state index >= 15 is 0 Å². The number of rotatable bonds is 3. The molecule has 0 unspecified atom stereocenters. The summed E-state index contributed by atoms with van der Waals surface area (Å²) in [7, 11) is 0. The van der Waals surface area contributed by atoms with Crippen LogP contribution in [0.1, 0.15) is 35.5 Å². The van der Waals surface area contributed by atoms with Crippen LogP contribution in [0.4, 0.5) is 0 Å². The average molecular weight is 241 g/mol. The van der Waals surface area contributed by atoms with Crippen molar-refractivity contribution in [3.05, 3.63) is 47.2 Å². The summed E-state index contributed by atoms with van der Waals surface area (Å²) < 4.78 is 2.22. The number of aromatic nitrogens is 1. The van der Waals surface area contributed by atoms with Crippen LogP contribution in [0.25, 0.3) is 11.3 Å². The van der Waals surface area contributed by atoms with Gasteiger partial charge in [0.2, 0.25) is 0 Å². The van der Waals surface area contributed by atoms with Crippen molar-refractivity contribution in [1.29, 1.82) is 0 Å². The van der Waals surface area contributed by atoms with Gasteiger partial charge >= 0.3 is 0 Å². The number of nitrogens with zero attached hydrogens (tertiary/aromatic N) is 1. The third kappa shape index (κ3) is 1.88. The van der Waals surface area contributed by atoms with Crippen molar-refractivity contribution in [2.24, 2.45) is 0 Å². The molecule has 0 aliphatic heterocycles. The molecule has 2 nitrogen and oxygen atoms in total. The highest BCUT2D eigenvalue weighted by molar-refractivity contribution is 5.99. The number of hydrogen-bond donors (Lipinski definition) is 0. The topological polar surface area (TPSA) is 22.0 Å². The van der Waals surface area contributed by atoms with Crippen molar-refractivity contribution in [2.45, 2.75) is 34.2 Å². The fraction of sp³-hybridized carbons (Fsp3) is 0.312. The van der Waals surface area contributed by atoms with E-state index in [2.05, 4.69) is 23.6 Å². The second-order valence-corrected chi connectivity index (χ2v) is 4.60. The Labute approximate surface area is 108 Å². The Kier molecular flexibility index (Phi) is 3.37.